The Morgan fingerprint density at radius 2 is 2.21 bits per heavy atom. The van der Waals surface area contributed by atoms with Crippen molar-refractivity contribution in [2.45, 2.75) is 25.1 Å². The third kappa shape index (κ3) is 3.56. The molecular formula is C14H20N2O2S. The van der Waals surface area contributed by atoms with Gasteiger partial charge in [-0.2, -0.15) is 0 Å². The minimum absolute atomic E-state index is 0.625. The summed E-state index contributed by atoms with van der Waals surface area (Å²) in [6.07, 6.45) is 1.16. The van der Waals surface area contributed by atoms with Crippen LogP contribution >= 0.6 is 11.8 Å². The summed E-state index contributed by atoms with van der Waals surface area (Å²) in [5.74, 6) is 1.64. The lowest BCUT2D eigenvalue weighted by Crippen LogP contribution is -2.19. The third-order valence-electron chi connectivity index (χ3n) is 3.10. The van der Waals surface area contributed by atoms with Gasteiger partial charge in [0.25, 0.3) is 0 Å². The molecule has 0 radical (unpaired) electrons. The van der Waals surface area contributed by atoms with Crippen LogP contribution in [0.5, 0.6) is 11.5 Å². The molecule has 0 amide bonds. The SMILES string of the molecule is CCC1CN=C(NCc2ccc(OC)cc2OC)S1. The van der Waals surface area contributed by atoms with E-state index < -0.39 is 0 Å². The molecule has 0 saturated heterocycles. The highest BCUT2D eigenvalue weighted by atomic mass is 32.2. The summed E-state index contributed by atoms with van der Waals surface area (Å²) < 4.78 is 10.6. The molecule has 0 aliphatic carbocycles. The highest BCUT2D eigenvalue weighted by molar-refractivity contribution is 8.14. The van der Waals surface area contributed by atoms with Crippen molar-refractivity contribution in [1.29, 1.82) is 0 Å². The molecule has 4 nitrogen and oxygen atoms in total. The van der Waals surface area contributed by atoms with Gasteiger partial charge in [-0.3, -0.25) is 4.99 Å². The number of nitrogens with zero attached hydrogens (tertiary/aromatic N) is 1. The topological polar surface area (TPSA) is 42.9 Å². The normalized spacial score (nSPS) is 18.1. The van der Waals surface area contributed by atoms with E-state index in [1.54, 1.807) is 14.2 Å². The average Bonchev–Trinajstić information content (AvgIpc) is 2.92. The van der Waals surface area contributed by atoms with Crippen LogP contribution < -0.4 is 14.8 Å². The lowest BCUT2D eigenvalue weighted by molar-refractivity contribution is 0.390. The zero-order valence-electron chi connectivity index (χ0n) is 11.6. The van der Waals surface area contributed by atoms with E-state index in [9.17, 15) is 0 Å². The Labute approximate surface area is 118 Å². The summed E-state index contributed by atoms with van der Waals surface area (Å²) >= 11 is 1.82. The first-order valence-corrected chi connectivity index (χ1v) is 7.30. The van der Waals surface area contributed by atoms with Gasteiger partial charge in [-0.15, -0.1) is 0 Å². The smallest absolute Gasteiger partial charge is 0.157 e. The van der Waals surface area contributed by atoms with Gasteiger partial charge in [0, 0.05) is 23.4 Å². The minimum Gasteiger partial charge on any atom is -0.497 e. The van der Waals surface area contributed by atoms with Crippen molar-refractivity contribution >= 4 is 16.9 Å². The van der Waals surface area contributed by atoms with Crippen molar-refractivity contribution in [1.82, 2.24) is 5.32 Å². The number of benzene rings is 1. The van der Waals surface area contributed by atoms with Crippen LogP contribution in [0.15, 0.2) is 23.2 Å². The van der Waals surface area contributed by atoms with E-state index in [1.165, 1.54) is 0 Å². The largest absolute Gasteiger partial charge is 0.497 e. The van der Waals surface area contributed by atoms with Gasteiger partial charge in [0.15, 0.2) is 5.17 Å². The molecule has 0 saturated carbocycles. The summed E-state index contributed by atoms with van der Waals surface area (Å²) in [5.41, 5.74) is 1.10. The zero-order valence-corrected chi connectivity index (χ0v) is 12.4. The van der Waals surface area contributed by atoms with Crippen molar-refractivity contribution in [3.63, 3.8) is 0 Å². The van der Waals surface area contributed by atoms with Crippen LogP contribution in [0.25, 0.3) is 0 Å². The zero-order chi connectivity index (χ0) is 13.7. The van der Waals surface area contributed by atoms with E-state index in [0.29, 0.717) is 5.25 Å². The van der Waals surface area contributed by atoms with Gasteiger partial charge >= 0.3 is 0 Å². The number of hydrogen-bond acceptors (Lipinski definition) is 5. The molecule has 0 fully saturated rings. The number of hydrogen-bond donors (Lipinski definition) is 1. The van der Waals surface area contributed by atoms with Crippen LogP contribution in [0.1, 0.15) is 18.9 Å². The van der Waals surface area contributed by atoms with Crippen molar-refractivity contribution in [3.05, 3.63) is 23.8 Å². The van der Waals surface area contributed by atoms with E-state index >= 15 is 0 Å². The Morgan fingerprint density at radius 3 is 2.84 bits per heavy atom. The van der Waals surface area contributed by atoms with E-state index in [-0.39, 0.29) is 0 Å². The Hall–Kier alpha value is -1.36. The van der Waals surface area contributed by atoms with Gasteiger partial charge in [0.1, 0.15) is 11.5 Å². The number of ether oxygens (including phenoxy) is 2. The predicted molar refractivity (Wildman–Crippen MR) is 80.4 cm³/mol. The van der Waals surface area contributed by atoms with E-state index in [0.717, 1.165) is 41.7 Å². The Bertz CT molecular complexity index is 463. The first-order chi connectivity index (χ1) is 9.26. The maximum atomic E-state index is 5.38. The van der Waals surface area contributed by atoms with Crippen molar-refractivity contribution in [2.24, 2.45) is 4.99 Å². The van der Waals surface area contributed by atoms with Gasteiger partial charge in [0.2, 0.25) is 0 Å². The van der Waals surface area contributed by atoms with Crippen LogP contribution in [-0.2, 0) is 6.54 Å². The average molecular weight is 280 g/mol. The molecule has 5 heteroatoms. The van der Waals surface area contributed by atoms with Crippen molar-refractivity contribution in [3.8, 4) is 11.5 Å². The predicted octanol–water partition coefficient (Wildman–Crippen LogP) is 2.67. The third-order valence-corrected chi connectivity index (χ3v) is 4.41. The molecule has 104 valence electrons. The summed E-state index contributed by atoms with van der Waals surface area (Å²) in [6.45, 7) is 3.83. The monoisotopic (exact) mass is 280 g/mol. The Morgan fingerprint density at radius 1 is 1.37 bits per heavy atom. The number of nitrogens with one attached hydrogen (secondary N) is 1. The highest BCUT2D eigenvalue weighted by Crippen LogP contribution is 2.26. The van der Waals surface area contributed by atoms with E-state index in [2.05, 4.69) is 17.2 Å². The second-order valence-corrected chi connectivity index (χ2v) is 5.61. The van der Waals surface area contributed by atoms with Crippen LogP contribution in [0.2, 0.25) is 0 Å². The van der Waals surface area contributed by atoms with E-state index in [1.807, 2.05) is 30.0 Å². The number of rotatable bonds is 5. The molecule has 1 aliphatic rings. The summed E-state index contributed by atoms with van der Waals surface area (Å²) in [6, 6.07) is 5.86. The molecule has 19 heavy (non-hydrogen) atoms. The summed E-state index contributed by atoms with van der Waals surface area (Å²) in [5, 5.41) is 5.02. The van der Waals surface area contributed by atoms with Crippen LogP contribution in [0.3, 0.4) is 0 Å². The molecule has 1 aromatic carbocycles. The molecule has 1 aliphatic heterocycles. The van der Waals surface area contributed by atoms with Gasteiger partial charge < -0.3 is 14.8 Å². The lowest BCUT2D eigenvalue weighted by Gasteiger charge is -2.12. The first kappa shape index (κ1) is 14.1. The van der Waals surface area contributed by atoms with Crippen molar-refractivity contribution < 1.29 is 9.47 Å². The highest BCUT2D eigenvalue weighted by Gasteiger charge is 2.17. The molecule has 1 atom stereocenters. The van der Waals surface area contributed by atoms with E-state index in [4.69, 9.17) is 9.47 Å². The fourth-order valence-corrected chi connectivity index (χ4v) is 2.83. The van der Waals surface area contributed by atoms with Gasteiger partial charge in [0.05, 0.1) is 20.8 Å². The maximum Gasteiger partial charge on any atom is 0.157 e. The fourth-order valence-electron chi connectivity index (χ4n) is 1.90. The molecule has 2 rings (SSSR count). The molecule has 1 N–H and O–H groups in total. The maximum absolute atomic E-state index is 5.38. The molecule has 1 unspecified atom stereocenters. The summed E-state index contributed by atoms with van der Waals surface area (Å²) in [4.78, 5) is 4.50. The molecule has 1 aromatic rings. The Balaban J connectivity index is 1.96. The molecule has 0 bridgehead atoms. The first-order valence-electron chi connectivity index (χ1n) is 6.42. The van der Waals surface area contributed by atoms with Crippen LogP contribution in [-0.4, -0.2) is 31.2 Å². The van der Waals surface area contributed by atoms with Crippen LogP contribution in [0.4, 0.5) is 0 Å². The lowest BCUT2D eigenvalue weighted by atomic mass is 10.2. The van der Waals surface area contributed by atoms with Gasteiger partial charge in [-0.25, -0.2) is 0 Å². The van der Waals surface area contributed by atoms with Crippen molar-refractivity contribution in [2.75, 3.05) is 20.8 Å². The second kappa shape index (κ2) is 6.70. The standard InChI is InChI=1S/C14H20N2O2S/c1-4-12-9-16-14(19-12)15-8-10-5-6-11(17-2)7-13(10)18-3/h5-7,12H,4,8-9H2,1-3H3,(H,15,16). The second-order valence-electron chi connectivity index (χ2n) is 4.33. The van der Waals surface area contributed by atoms with Gasteiger partial charge in [-0.1, -0.05) is 18.7 Å². The molecule has 0 aromatic heterocycles. The Kier molecular flexibility index (Phi) is 4.96. The van der Waals surface area contributed by atoms with Gasteiger partial charge in [-0.05, 0) is 18.6 Å². The molecule has 0 spiro atoms. The number of methoxy groups -OCH3 is 2. The summed E-state index contributed by atoms with van der Waals surface area (Å²) in [7, 11) is 3.33. The number of aliphatic imine (C=N–C) groups is 1. The minimum atomic E-state index is 0.625. The molecule has 1 heterocycles. The van der Waals surface area contributed by atoms with Crippen LogP contribution in [0, 0.1) is 0 Å². The number of thioether (sulfide) groups is 1. The quantitative estimate of drug-likeness (QED) is 0.900. The number of amidine groups is 1. The molecular weight excluding hydrogens is 260 g/mol. The fraction of sp³-hybridized carbons (Fsp3) is 0.500.